The zero-order valence-electron chi connectivity index (χ0n) is 14.3. The molecule has 0 amide bonds. The fourth-order valence-electron chi connectivity index (χ4n) is 1.76. The largest absolute Gasteiger partial charge is 0.476 e. The number of nitrogens with zero attached hydrogens (tertiary/aromatic N) is 3. The highest BCUT2D eigenvalue weighted by Gasteiger charge is 2.48. The molecule has 0 bridgehead atoms. The van der Waals surface area contributed by atoms with Gasteiger partial charge < -0.3 is 9.47 Å². The molecule has 0 atom stereocenters. The predicted molar refractivity (Wildman–Crippen MR) is 87.7 cm³/mol. The molecule has 2 aromatic rings. The molecule has 0 fully saturated rings. The van der Waals surface area contributed by atoms with Crippen LogP contribution in [-0.4, -0.2) is 40.1 Å². The van der Waals surface area contributed by atoms with E-state index in [0.717, 1.165) is 13.8 Å². The summed E-state index contributed by atoms with van der Waals surface area (Å²) in [6, 6.07) is 4.31. The summed E-state index contributed by atoms with van der Waals surface area (Å²) in [4.78, 5) is 15.7. The third-order valence-electron chi connectivity index (χ3n) is 3.48. The van der Waals surface area contributed by atoms with E-state index in [1.807, 2.05) is 0 Å². The van der Waals surface area contributed by atoms with Gasteiger partial charge in [-0.3, -0.25) is 0 Å². The van der Waals surface area contributed by atoms with Gasteiger partial charge in [-0.05, 0) is 32.9 Å². The Hall–Kier alpha value is -2.29. The lowest BCUT2D eigenvalue weighted by atomic mass is 9.94. The number of alkyl halides is 3. The van der Waals surface area contributed by atoms with Crippen molar-refractivity contribution >= 4 is 17.6 Å². The molecule has 0 spiro atoms. The molecule has 10 heteroatoms. The van der Waals surface area contributed by atoms with Crippen LogP contribution in [0.15, 0.2) is 24.4 Å². The highest BCUT2D eigenvalue weighted by atomic mass is 35.5. The predicted octanol–water partition coefficient (Wildman–Crippen LogP) is 4.06. The zero-order valence-corrected chi connectivity index (χ0v) is 15.1. The zero-order chi connectivity index (χ0) is 19.5. The van der Waals surface area contributed by atoms with Crippen LogP contribution in [0.25, 0.3) is 5.82 Å². The number of pyridine rings is 1. The molecule has 0 aliphatic heterocycles. The lowest BCUT2D eigenvalue weighted by Crippen LogP contribution is -2.37. The number of aromatic nitrogens is 3. The maximum atomic E-state index is 12.8. The topological polar surface area (TPSA) is 66.2 Å². The normalized spacial score (nSPS) is 12.1. The number of rotatable bonds is 6. The van der Waals surface area contributed by atoms with Gasteiger partial charge in [0.2, 0.25) is 5.88 Å². The lowest BCUT2D eigenvalue weighted by Gasteiger charge is -2.26. The Morgan fingerprint density at radius 3 is 2.54 bits per heavy atom. The molecule has 0 N–H and O–H groups in total. The summed E-state index contributed by atoms with van der Waals surface area (Å²) >= 11 is 5.98. The molecule has 0 saturated carbocycles. The van der Waals surface area contributed by atoms with Crippen molar-refractivity contribution in [3.63, 3.8) is 0 Å². The van der Waals surface area contributed by atoms with Gasteiger partial charge in [0, 0.05) is 12.3 Å². The summed E-state index contributed by atoms with van der Waals surface area (Å²) in [5.74, 6) is -0.321. The van der Waals surface area contributed by atoms with Crippen molar-refractivity contribution in [3.05, 3.63) is 35.1 Å². The summed E-state index contributed by atoms with van der Waals surface area (Å²) in [5.41, 5.74) is -1.91. The van der Waals surface area contributed by atoms with E-state index in [1.54, 1.807) is 6.92 Å². The van der Waals surface area contributed by atoms with Gasteiger partial charge in [-0.15, -0.1) is 5.10 Å². The second kappa shape index (κ2) is 7.53. The Kier molecular flexibility index (Phi) is 5.80. The average Bonchev–Trinajstić information content (AvgIpc) is 3.01. The summed E-state index contributed by atoms with van der Waals surface area (Å²) < 4.78 is 49.8. The second-order valence-electron chi connectivity index (χ2n) is 6.00. The van der Waals surface area contributed by atoms with E-state index in [4.69, 9.17) is 21.1 Å². The van der Waals surface area contributed by atoms with E-state index >= 15 is 0 Å². The van der Waals surface area contributed by atoms with Crippen molar-refractivity contribution < 1.29 is 27.4 Å². The third-order valence-corrected chi connectivity index (χ3v) is 3.77. The van der Waals surface area contributed by atoms with Gasteiger partial charge in [-0.1, -0.05) is 11.6 Å². The average molecular weight is 392 g/mol. The van der Waals surface area contributed by atoms with E-state index in [9.17, 15) is 18.0 Å². The van der Waals surface area contributed by atoms with Crippen molar-refractivity contribution in [2.75, 3.05) is 13.2 Å². The van der Waals surface area contributed by atoms with Gasteiger partial charge in [0.05, 0.1) is 17.6 Å². The van der Waals surface area contributed by atoms with Gasteiger partial charge in [-0.25, -0.2) is 14.5 Å². The minimum atomic E-state index is -4.40. The van der Waals surface area contributed by atoms with Crippen molar-refractivity contribution in [1.82, 2.24) is 14.8 Å². The maximum Gasteiger partial charge on any atom is 0.397 e. The van der Waals surface area contributed by atoms with Crippen LogP contribution in [0, 0.1) is 5.41 Å². The number of hydrogen-bond donors (Lipinski definition) is 0. The Bertz CT molecular complexity index is 791. The molecule has 2 heterocycles. The smallest absolute Gasteiger partial charge is 0.397 e. The molecular weight excluding hydrogens is 375 g/mol. The minimum Gasteiger partial charge on any atom is -0.476 e. The number of halogens is 4. The number of carbonyl (C=O) groups excluding carboxylic acids is 1. The number of esters is 1. The van der Waals surface area contributed by atoms with Crippen LogP contribution in [0.3, 0.4) is 0 Å². The Balaban J connectivity index is 2.12. The lowest BCUT2D eigenvalue weighted by molar-refractivity contribution is -0.219. The van der Waals surface area contributed by atoms with Crippen LogP contribution >= 0.6 is 11.6 Å². The van der Waals surface area contributed by atoms with Gasteiger partial charge in [0.15, 0.2) is 5.82 Å². The van der Waals surface area contributed by atoms with Crippen LogP contribution < -0.4 is 4.74 Å². The monoisotopic (exact) mass is 391 g/mol. The standard InChI is InChI=1S/C16H17ClF3N3O3/c1-4-25-14(24)10-5-6-11(21-13(10)17)23-8-7-12(22-23)26-9-15(2,3)16(18,19)20/h5-8H,4,9H2,1-3H3. The first-order chi connectivity index (χ1) is 12.0. The molecule has 0 aromatic carbocycles. The quantitative estimate of drug-likeness (QED) is 0.548. The van der Waals surface area contributed by atoms with Crippen LogP contribution in [0.1, 0.15) is 31.1 Å². The molecule has 142 valence electrons. The van der Waals surface area contributed by atoms with Crippen molar-refractivity contribution in [2.45, 2.75) is 26.9 Å². The molecular formula is C16H17ClF3N3O3. The van der Waals surface area contributed by atoms with Crippen LogP contribution in [0.2, 0.25) is 5.15 Å². The van der Waals surface area contributed by atoms with Crippen molar-refractivity contribution in [2.24, 2.45) is 5.41 Å². The summed E-state index contributed by atoms with van der Waals surface area (Å²) in [6.07, 6.45) is -2.94. The van der Waals surface area contributed by atoms with E-state index in [2.05, 4.69) is 10.1 Å². The second-order valence-corrected chi connectivity index (χ2v) is 6.36. The van der Waals surface area contributed by atoms with Crippen LogP contribution in [0.4, 0.5) is 13.2 Å². The van der Waals surface area contributed by atoms with Gasteiger partial charge >= 0.3 is 12.1 Å². The molecule has 0 aliphatic carbocycles. The number of hydrogen-bond acceptors (Lipinski definition) is 5. The van der Waals surface area contributed by atoms with E-state index < -0.39 is 24.2 Å². The highest BCUT2D eigenvalue weighted by molar-refractivity contribution is 6.32. The summed E-state index contributed by atoms with van der Waals surface area (Å²) in [6.45, 7) is 3.37. The molecule has 0 aliphatic rings. The van der Waals surface area contributed by atoms with Crippen molar-refractivity contribution in [1.29, 1.82) is 0 Å². The number of carbonyl (C=O) groups is 1. The Morgan fingerprint density at radius 1 is 1.27 bits per heavy atom. The fraction of sp³-hybridized carbons (Fsp3) is 0.438. The third kappa shape index (κ3) is 4.46. The highest BCUT2D eigenvalue weighted by Crippen LogP contribution is 2.37. The first kappa shape index (κ1) is 20.0. The van der Waals surface area contributed by atoms with Crippen molar-refractivity contribution in [3.8, 4) is 11.7 Å². The fourth-order valence-corrected chi connectivity index (χ4v) is 1.99. The van der Waals surface area contributed by atoms with Crippen LogP contribution in [0.5, 0.6) is 5.88 Å². The van der Waals surface area contributed by atoms with Gasteiger partial charge in [-0.2, -0.15) is 13.2 Å². The SMILES string of the molecule is CCOC(=O)c1ccc(-n2ccc(OCC(C)(C)C(F)(F)F)n2)nc1Cl. The first-order valence-electron chi connectivity index (χ1n) is 7.64. The van der Waals surface area contributed by atoms with Gasteiger partial charge in [0.1, 0.15) is 11.8 Å². The molecule has 6 nitrogen and oxygen atoms in total. The van der Waals surface area contributed by atoms with E-state index in [-0.39, 0.29) is 29.0 Å². The van der Waals surface area contributed by atoms with E-state index in [1.165, 1.54) is 29.1 Å². The molecule has 0 saturated heterocycles. The molecule has 2 aromatic heterocycles. The molecule has 0 radical (unpaired) electrons. The summed E-state index contributed by atoms with van der Waals surface area (Å²) in [5, 5.41) is 3.94. The number of ether oxygens (including phenoxy) is 2. The van der Waals surface area contributed by atoms with Crippen LogP contribution in [-0.2, 0) is 4.74 Å². The van der Waals surface area contributed by atoms with E-state index in [0.29, 0.717) is 0 Å². The minimum absolute atomic E-state index is 0.00900. The van der Waals surface area contributed by atoms with Gasteiger partial charge in [0.25, 0.3) is 0 Å². The Morgan fingerprint density at radius 2 is 1.96 bits per heavy atom. The maximum absolute atomic E-state index is 12.8. The summed E-state index contributed by atoms with van der Waals surface area (Å²) in [7, 11) is 0. The first-order valence-corrected chi connectivity index (χ1v) is 8.02. The molecule has 26 heavy (non-hydrogen) atoms. The molecule has 0 unspecified atom stereocenters. The molecule has 2 rings (SSSR count). The Labute approximate surface area is 152 Å².